The molecule has 0 spiro atoms. The van der Waals surface area contributed by atoms with Crippen LogP contribution in [0.15, 0.2) is 41.7 Å². The molecule has 0 aliphatic rings. The second-order valence-electron chi connectivity index (χ2n) is 4.59. The molecule has 2 rings (SSSR count). The summed E-state index contributed by atoms with van der Waals surface area (Å²) in [6, 6.07) is 5.22. The van der Waals surface area contributed by atoms with Crippen LogP contribution in [0.3, 0.4) is 0 Å². The average molecular weight is 293 g/mol. The van der Waals surface area contributed by atoms with Gasteiger partial charge < -0.3 is 4.98 Å². The van der Waals surface area contributed by atoms with Crippen molar-refractivity contribution < 1.29 is 9.59 Å². The Hall–Kier alpha value is -3.00. The Morgan fingerprint density at radius 2 is 2.23 bits per heavy atom. The van der Waals surface area contributed by atoms with Crippen LogP contribution in [0.1, 0.15) is 23.2 Å². The molecule has 0 aliphatic carbocycles. The van der Waals surface area contributed by atoms with Gasteiger partial charge in [0.15, 0.2) is 11.6 Å². The number of terminal acetylenes is 1. The molecule has 5 nitrogen and oxygen atoms in total. The van der Waals surface area contributed by atoms with Crippen molar-refractivity contribution >= 4 is 28.3 Å². The number of H-pyrrole nitrogens is 1. The summed E-state index contributed by atoms with van der Waals surface area (Å²) in [6.45, 7) is 0. The summed E-state index contributed by atoms with van der Waals surface area (Å²) in [5, 5.41) is 0. The highest BCUT2D eigenvalue weighted by Crippen LogP contribution is 2.14. The lowest BCUT2D eigenvalue weighted by Crippen LogP contribution is -2.13. The molecule has 110 valence electrons. The number of fused-ring (bicyclic) bond motifs is 1. The minimum atomic E-state index is -0.204. The third-order valence-electron chi connectivity index (χ3n) is 3.19. The van der Waals surface area contributed by atoms with E-state index in [9.17, 15) is 9.59 Å². The monoisotopic (exact) mass is 293 g/mol. The van der Waals surface area contributed by atoms with Crippen molar-refractivity contribution in [3.05, 3.63) is 42.2 Å². The topological polar surface area (TPSA) is 75.2 Å². The molecule has 0 atom stereocenters. The standard InChI is InChI=1S/C17H15N3O2/c1-3-4-5-14(18-2)17(22)9-8-16(21)12-6-7-13-15(10-12)20-11-19-13/h1,4-7,10-11H,8-9H2,2H3,(H,19,20)/b5-4-,18-14?. The molecule has 0 unspecified atom stereocenters. The molecule has 0 bridgehead atoms. The summed E-state index contributed by atoms with van der Waals surface area (Å²) < 4.78 is 0. The first-order chi connectivity index (χ1) is 10.7. The molecule has 0 amide bonds. The number of aliphatic imine (C=N–C) groups is 1. The number of hydrogen-bond donors (Lipinski definition) is 1. The molecule has 0 saturated heterocycles. The van der Waals surface area contributed by atoms with Crippen LogP contribution in [0.25, 0.3) is 11.0 Å². The number of aromatic amines is 1. The van der Waals surface area contributed by atoms with Gasteiger partial charge in [0, 0.05) is 25.5 Å². The van der Waals surface area contributed by atoms with E-state index in [0.717, 1.165) is 11.0 Å². The number of benzene rings is 1. The Labute approximate surface area is 128 Å². The Kier molecular flexibility index (Phi) is 4.99. The number of ketones is 2. The third-order valence-corrected chi connectivity index (χ3v) is 3.19. The lowest BCUT2D eigenvalue weighted by atomic mass is 10.0. The van der Waals surface area contributed by atoms with Gasteiger partial charge >= 0.3 is 0 Å². The van der Waals surface area contributed by atoms with E-state index in [1.54, 1.807) is 24.5 Å². The number of carbonyl (C=O) groups excluding carboxylic acids is 2. The highest BCUT2D eigenvalue weighted by Gasteiger charge is 2.13. The summed E-state index contributed by atoms with van der Waals surface area (Å²) in [4.78, 5) is 35.0. The molecule has 1 N–H and O–H groups in total. The van der Waals surface area contributed by atoms with Crippen LogP contribution in [0.5, 0.6) is 0 Å². The van der Waals surface area contributed by atoms with Crippen molar-refractivity contribution in [2.24, 2.45) is 4.99 Å². The van der Waals surface area contributed by atoms with Crippen LogP contribution < -0.4 is 0 Å². The molecular formula is C17H15N3O2. The smallest absolute Gasteiger partial charge is 0.181 e. The lowest BCUT2D eigenvalue weighted by Gasteiger charge is -2.02. The minimum Gasteiger partial charge on any atom is -0.345 e. The first-order valence-corrected chi connectivity index (χ1v) is 6.74. The number of allylic oxidation sites excluding steroid dienone is 2. The van der Waals surface area contributed by atoms with Gasteiger partial charge in [-0.1, -0.05) is 5.92 Å². The van der Waals surface area contributed by atoms with Gasteiger partial charge in [0.1, 0.15) is 5.71 Å². The number of nitrogens with zero attached hydrogens (tertiary/aromatic N) is 2. The Morgan fingerprint density at radius 3 is 2.95 bits per heavy atom. The second kappa shape index (κ2) is 7.14. The van der Waals surface area contributed by atoms with Crippen LogP contribution in [-0.2, 0) is 4.79 Å². The van der Waals surface area contributed by atoms with Crippen molar-refractivity contribution in [1.29, 1.82) is 0 Å². The summed E-state index contributed by atoms with van der Waals surface area (Å²) in [5.74, 6) is 2.00. The van der Waals surface area contributed by atoms with Crippen molar-refractivity contribution in [3.8, 4) is 12.3 Å². The summed E-state index contributed by atoms with van der Waals surface area (Å²) in [7, 11) is 1.52. The molecular weight excluding hydrogens is 278 g/mol. The fraction of sp³-hybridized carbons (Fsp3) is 0.176. The number of Topliss-reactive ketones (excluding diaryl/α,β-unsaturated/α-hetero) is 2. The van der Waals surface area contributed by atoms with E-state index in [2.05, 4.69) is 20.9 Å². The van der Waals surface area contributed by atoms with E-state index in [1.807, 2.05) is 0 Å². The fourth-order valence-corrected chi connectivity index (χ4v) is 2.03. The molecule has 1 heterocycles. The largest absolute Gasteiger partial charge is 0.345 e. The van der Waals surface area contributed by atoms with Crippen LogP contribution in [0, 0.1) is 12.3 Å². The number of imidazole rings is 1. The summed E-state index contributed by atoms with van der Waals surface area (Å²) in [6.07, 6.45) is 9.79. The highest BCUT2D eigenvalue weighted by molar-refractivity contribution is 6.44. The first kappa shape index (κ1) is 15.4. The van der Waals surface area contributed by atoms with Crippen molar-refractivity contribution in [1.82, 2.24) is 9.97 Å². The van der Waals surface area contributed by atoms with E-state index in [4.69, 9.17) is 6.42 Å². The van der Waals surface area contributed by atoms with E-state index in [-0.39, 0.29) is 30.1 Å². The average Bonchev–Trinajstić information content (AvgIpc) is 3.00. The molecule has 2 aromatic rings. The van der Waals surface area contributed by atoms with E-state index >= 15 is 0 Å². The number of carbonyl (C=O) groups is 2. The molecule has 0 fully saturated rings. The summed E-state index contributed by atoms with van der Waals surface area (Å²) >= 11 is 0. The minimum absolute atomic E-state index is 0.0961. The number of nitrogens with one attached hydrogen (secondary N) is 1. The van der Waals surface area contributed by atoms with Gasteiger partial charge in [-0.15, -0.1) is 6.42 Å². The van der Waals surface area contributed by atoms with E-state index in [1.165, 1.54) is 19.2 Å². The van der Waals surface area contributed by atoms with Gasteiger partial charge in [0.25, 0.3) is 0 Å². The van der Waals surface area contributed by atoms with Crippen LogP contribution in [0.4, 0.5) is 0 Å². The normalized spacial score (nSPS) is 11.7. The molecule has 0 radical (unpaired) electrons. The van der Waals surface area contributed by atoms with Gasteiger partial charge in [0.05, 0.1) is 17.4 Å². The molecule has 0 saturated carbocycles. The SMILES string of the molecule is C#C/C=C\C(=NC)C(=O)CCC(=O)c1ccc2nc[nH]c2c1. The Morgan fingerprint density at radius 1 is 1.41 bits per heavy atom. The summed E-state index contributed by atoms with van der Waals surface area (Å²) in [5.41, 5.74) is 2.42. The molecule has 5 heteroatoms. The number of rotatable bonds is 6. The highest BCUT2D eigenvalue weighted by atomic mass is 16.1. The van der Waals surface area contributed by atoms with E-state index in [0.29, 0.717) is 5.56 Å². The molecule has 0 aliphatic heterocycles. The van der Waals surface area contributed by atoms with Gasteiger partial charge in [-0.2, -0.15) is 0 Å². The third kappa shape index (κ3) is 3.55. The Balaban J connectivity index is 2.01. The Bertz CT molecular complexity index is 807. The quantitative estimate of drug-likeness (QED) is 0.504. The van der Waals surface area contributed by atoms with E-state index < -0.39 is 0 Å². The lowest BCUT2D eigenvalue weighted by molar-refractivity contribution is -0.112. The maximum atomic E-state index is 12.2. The second-order valence-corrected chi connectivity index (χ2v) is 4.59. The van der Waals surface area contributed by atoms with Crippen molar-refractivity contribution in [2.75, 3.05) is 7.05 Å². The maximum absolute atomic E-state index is 12.2. The molecule has 22 heavy (non-hydrogen) atoms. The zero-order valence-corrected chi connectivity index (χ0v) is 12.2. The zero-order chi connectivity index (χ0) is 15.9. The first-order valence-electron chi connectivity index (χ1n) is 6.74. The predicted molar refractivity (Wildman–Crippen MR) is 86.0 cm³/mol. The molecule has 1 aromatic carbocycles. The number of aromatic nitrogens is 2. The van der Waals surface area contributed by atoms with Crippen LogP contribution >= 0.6 is 0 Å². The number of hydrogen-bond acceptors (Lipinski definition) is 4. The fourth-order valence-electron chi connectivity index (χ4n) is 2.03. The molecule has 1 aromatic heterocycles. The van der Waals surface area contributed by atoms with Crippen molar-refractivity contribution in [3.63, 3.8) is 0 Å². The van der Waals surface area contributed by atoms with Crippen LogP contribution in [0.2, 0.25) is 0 Å². The van der Waals surface area contributed by atoms with Gasteiger partial charge in [0.2, 0.25) is 0 Å². The van der Waals surface area contributed by atoms with Gasteiger partial charge in [-0.05, 0) is 30.4 Å². The maximum Gasteiger partial charge on any atom is 0.181 e. The predicted octanol–water partition coefficient (Wildman–Crippen LogP) is 2.36. The zero-order valence-electron chi connectivity index (χ0n) is 12.2. The van der Waals surface area contributed by atoms with Crippen LogP contribution in [-0.4, -0.2) is 34.3 Å². The van der Waals surface area contributed by atoms with Crippen molar-refractivity contribution in [2.45, 2.75) is 12.8 Å². The van der Waals surface area contributed by atoms with Gasteiger partial charge in [-0.3, -0.25) is 14.6 Å². The van der Waals surface area contributed by atoms with Gasteiger partial charge in [-0.25, -0.2) is 4.98 Å².